The predicted molar refractivity (Wildman–Crippen MR) is 95.8 cm³/mol. The molecule has 0 fully saturated rings. The highest BCUT2D eigenvalue weighted by atomic mass is 32.1. The molecule has 0 aliphatic heterocycles. The summed E-state index contributed by atoms with van der Waals surface area (Å²) in [6, 6.07) is 7.78. The monoisotopic (exact) mass is 362 g/mol. The third-order valence-corrected chi connectivity index (χ3v) is 4.58. The Morgan fingerprint density at radius 1 is 1.32 bits per heavy atom. The maximum atomic E-state index is 12.2. The number of carbonyl (C=O) groups is 2. The molecule has 2 aromatic rings. The molecule has 25 heavy (non-hydrogen) atoms. The average molecular weight is 362 g/mol. The summed E-state index contributed by atoms with van der Waals surface area (Å²) < 4.78 is 5.68. The van der Waals surface area contributed by atoms with Crippen LogP contribution >= 0.6 is 11.3 Å². The molecular weight excluding hydrogens is 340 g/mol. The number of carbonyl (C=O) groups excluding carboxylic acids is 1. The molecule has 0 aliphatic rings. The van der Waals surface area contributed by atoms with Crippen LogP contribution in [0.15, 0.2) is 29.6 Å². The Morgan fingerprint density at radius 2 is 2.00 bits per heavy atom. The van der Waals surface area contributed by atoms with Crippen LogP contribution in [0, 0.1) is 12.8 Å². The Balaban J connectivity index is 1.85. The maximum Gasteiger partial charge on any atom is 0.308 e. The van der Waals surface area contributed by atoms with Crippen molar-refractivity contribution in [1.29, 1.82) is 0 Å². The molecule has 2 rings (SSSR count). The molecule has 0 spiro atoms. The Morgan fingerprint density at radius 3 is 2.64 bits per heavy atom. The minimum atomic E-state index is -0.913. The topological polar surface area (TPSA) is 79.7 Å². The van der Waals surface area contributed by atoms with Gasteiger partial charge in [0.1, 0.15) is 17.4 Å². The van der Waals surface area contributed by atoms with Crippen molar-refractivity contribution in [2.24, 2.45) is 5.92 Å². The first kappa shape index (κ1) is 18.9. The molecule has 1 aromatic heterocycles. The molecule has 1 aromatic carbocycles. The van der Waals surface area contributed by atoms with E-state index in [0.717, 1.165) is 10.8 Å². The van der Waals surface area contributed by atoms with Gasteiger partial charge in [-0.3, -0.25) is 9.59 Å². The lowest BCUT2D eigenvalue weighted by Crippen LogP contribution is -2.34. The Kier molecular flexibility index (Phi) is 6.52. The number of amides is 1. The highest BCUT2D eigenvalue weighted by Crippen LogP contribution is 2.16. The molecule has 0 bridgehead atoms. The van der Waals surface area contributed by atoms with Crippen LogP contribution in [-0.2, 0) is 22.6 Å². The van der Waals surface area contributed by atoms with Crippen molar-refractivity contribution in [2.45, 2.75) is 26.9 Å². The molecule has 1 heterocycles. The fourth-order valence-electron chi connectivity index (χ4n) is 2.16. The number of nitrogens with zero attached hydrogens (tertiary/aromatic N) is 2. The average Bonchev–Trinajstić information content (AvgIpc) is 3.01. The second-order valence-corrected chi connectivity index (χ2v) is 6.97. The van der Waals surface area contributed by atoms with E-state index in [1.165, 1.54) is 21.8 Å². The van der Waals surface area contributed by atoms with Crippen molar-refractivity contribution < 1.29 is 19.4 Å². The van der Waals surface area contributed by atoms with Gasteiger partial charge < -0.3 is 14.7 Å². The first-order valence-electron chi connectivity index (χ1n) is 7.94. The first-order chi connectivity index (χ1) is 11.8. The summed E-state index contributed by atoms with van der Waals surface area (Å²) in [6.45, 7) is 4.13. The number of benzene rings is 1. The Bertz CT molecular complexity index is 727. The van der Waals surface area contributed by atoms with Crippen LogP contribution < -0.4 is 4.74 Å². The number of rotatable bonds is 8. The summed E-state index contributed by atoms with van der Waals surface area (Å²) in [6.07, 6.45) is 0.157. The molecule has 0 saturated heterocycles. The fraction of sp³-hybridized carbons (Fsp3) is 0.389. The summed E-state index contributed by atoms with van der Waals surface area (Å²) in [5, 5.41) is 11.5. The number of carboxylic acids is 1. The zero-order chi connectivity index (χ0) is 18.4. The van der Waals surface area contributed by atoms with E-state index in [0.29, 0.717) is 12.3 Å². The Hall–Kier alpha value is -2.41. The van der Waals surface area contributed by atoms with Crippen LogP contribution in [-0.4, -0.2) is 40.5 Å². The van der Waals surface area contributed by atoms with Crippen LogP contribution in [0.1, 0.15) is 23.2 Å². The lowest BCUT2D eigenvalue weighted by atomic mass is 10.1. The van der Waals surface area contributed by atoms with Gasteiger partial charge in [0.05, 0.1) is 18.0 Å². The number of aryl methyl sites for hydroxylation is 1. The van der Waals surface area contributed by atoms with Gasteiger partial charge in [-0.15, -0.1) is 11.3 Å². The van der Waals surface area contributed by atoms with Gasteiger partial charge in [0.2, 0.25) is 5.91 Å². The van der Waals surface area contributed by atoms with Crippen LogP contribution in [0.25, 0.3) is 0 Å². The molecule has 1 atom stereocenters. The highest BCUT2D eigenvalue weighted by molar-refractivity contribution is 7.09. The lowest BCUT2D eigenvalue weighted by molar-refractivity contribution is -0.142. The van der Waals surface area contributed by atoms with Crippen LogP contribution in [0.5, 0.6) is 5.75 Å². The van der Waals surface area contributed by atoms with Gasteiger partial charge in [-0.05, 0) is 19.1 Å². The quantitative estimate of drug-likeness (QED) is 0.781. The van der Waals surface area contributed by atoms with Crippen molar-refractivity contribution in [3.8, 4) is 5.75 Å². The fourth-order valence-corrected chi connectivity index (χ4v) is 2.86. The third-order valence-electron chi connectivity index (χ3n) is 3.71. The van der Waals surface area contributed by atoms with Crippen molar-refractivity contribution in [3.63, 3.8) is 0 Å². The summed E-state index contributed by atoms with van der Waals surface area (Å²) >= 11 is 1.44. The number of hydrogen-bond acceptors (Lipinski definition) is 5. The maximum absolute atomic E-state index is 12.2. The van der Waals surface area contributed by atoms with Crippen molar-refractivity contribution in [1.82, 2.24) is 9.88 Å². The number of aromatic nitrogens is 1. The van der Waals surface area contributed by atoms with Gasteiger partial charge in [0.25, 0.3) is 0 Å². The SMILES string of the molecule is Cc1ccc(OCc2nc(CC(=O)N(C)CC(C)C(=O)O)cs2)cc1. The van der Waals surface area contributed by atoms with Crippen LogP contribution in [0.2, 0.25) is 0 Å². The van der Waals surface area contributed by atoms with E-state index < -0.39 is 11.9 Å². The molecule has 134 valence electrons. The van der Waals surface area contributed by atoms with Crippen LogP contribution in [0.3, 0.4) is 0 Å². The number of thiazole rings is 1. The molecule has 1 unspecified atom stereocenters. The van der Waals surface area contributed by atoms with Gasteiger partial charge >= 0.3 is 5.97 Å². The van der Waals surface area contributed by atoms with E-state index in [-0.39, 0.29) is 18.9 Å². The second-order valence-electron chi connectivity index (χ2n) is 6.02. The van der Waals surface area contributed by atoms with Crippen molar-refractivity contribution >= 4 is 23.2 Å². The van der Waals surface area contributed by atoms with Gasteiger partial charge in [-0.1, -0.05) is 24.6 Å². The molecule has 0 radical (unpaired) electrons. The number of likely N-dealkylation sites (N-methyl/N-ethyl adjacent to an activating group) is 1. The van der Waals surface area contributed by atoms with Gasteiger partial charge in [-0.25, -0.2) is 4.98 Å². The summed E-state index contributed by atoms with van der Waals surface area (Å²) in [4.78, 5) is 28.9. The van der Waals surface area contributed by atoms with Crippen LogP contribution in [0.4, 0.5) is 0 Å². The van der Waals surface area contributed by atoms with Crippen molar-refractivity contribution in [3.05, 3.63) is 45.9 Å². The first-order valence-corrected chi connectivity index (χ1v) is 8.82. The van der Waals surface area contributed by atoms with Gasteiger partial charge in [0, 0.05) is 19.0 Å². The molecule has 0 aliphatic carbocycles. The largest absolute Gasteiger partial charge is 0.486 e. The standard InChI is InChI=1S/C18H22N2O4S/c1-12-4-6-15(7-5-12)24-10-16-19-14(11-25-16)8-17(21)20(3)9-13(2)18(22)23/h4-7,11,13H,8-10H2,1-3H3,(H,22,23). The van der Waals surface area contributed by atoms with Crippen molar-refractivity contribution in [2.75, 3.05) is 13.6 Å². The van der Waals surface area contributed by atoms with E-state index >= 15 is 0 Å². The Labute approximate surface area is 151 Å². The van der Waals surface area contributed by atoms with E-state index in [9.17, 15) is 9.59 Å². The molecule has 1 N–H and O–H groups in total. The molecule has 1 amide bonds. The summed E-state index contributed by atoms with van der Waals surface area (Å²) in [5.74, 6) is -0.878. The predicted octanol–water partition coefficient (Wildman–Crippen LogP) is 2.75. The van der Waals surface area contributed by atoms with E-state index in [2.05, 4.69) is 4.98 Å². The molecule has 6 nitrogen and oxygen atoms in total. The normalized spacial score (nSPS) is 11.8. The lowest BCUT2D eigenvalue weighted by Gasteiger charge is -2.18. The summed E-state index contributed by atoms with van der Waals surface area (Å²) in [5.41, 5.74) is 1.84. The highest BCUT2D eigenvalue weighted by Gasteiger charge is 2.18. The van der Waals surface area contributed by atoms with Gasteiger partial charge in [-0.2, -0.15) is 0 Å². The number of carboxylic acid groups (broad SMARTS) is 1. The molecular formula is C18H22N2O4S. The number of hydrogen-bond donors (Lipinski definition) is 1. The minimum absolute atomic E-state index is 0.149. The van der Waals surface area contributed by atoms with E-state index in [1.54, 1.807) is 14.0 Å². The number of ether oxygens (including phenoxy) is 1. The zero-order valence-corrected chi connectivity index (χ0v) is 15.4. The second kappa shape index (κ2) is 8.62. The third kappa shape index (κ3) is 5.86. The minimum Gasteiger partial charge on any atom is -0.486 e. The molecule has 0 saturated carbocycles. The zero-order valence-electron chi connectivity index (χ0n) is 14.6. The van der Waals surface area contributed by atoms with Gasteiger partial charge in [0.15, 0.2) is 0 Å². The smallest absolute Gasteiger partial charge is 0.308 e. The summed E-state index contributed by atoms with van der Waals surface area (Å²) in [7, 11) is 1.61. The van der Waals surface area contributed by atoms with E-state index in [4.69, 9.17) is 9.84 Å². The number of aliphatic carboxylic acids is 1. The molecule has 7 heteroatoms. The van der Waals surface area contributed by atoms with E-state index in [1.807, 2.05) is 36.6 Å².